The summed E-state index contributed by atoms with van der Waals surface area (Å²) in [6.07, 6.45) is 3.70. The Labute approximate surface area is 74.8 Å². The second-order valence-electron chi connectivity index (χ2n) is 4.17. The summed E-state index contributed by atoms with van der Waals surface area (Å²) in [7, 11) is 0. The first-order chi connectivity index (χ1) is 5.02. The Kier molecular flexibility index (Phi) is 2.53. The molecule has 1 aliphatic heterocycles. The quantitative estimate of drug-likeness (QED) is 0.515. The minimum Gasteiger partial charge on any atom is -0.361 e. The molecule has 2 heteroatoms. The van der Waals surface area contributed by atoms with Crippen LogP contribution in [0.1, 0.15) is 40.0 Å². The van der Waals surface area contributed by atoms with E-state index < -0.39 is 0 Å². The minimum atomic E-state index is 0.234. The van der Waals surface area contributed by atoms with Crippen LogP contribution in [-0.2, 0) is 0 Å². The topological polar surface area (TPSA) is 3.24 Å². The molecule has 0 aromatic heterocycles. The Morgan fingerprint density at radius 3 is 2.27 bits per heavy atom. The predicted molar refractivity (Wildman–Crippen MR) is 52.9 cm³/mol. The van der Waals surface area contributed by atoms with Gasteiger partial charge in [0.2, 0.25) is 0 Å². The molecule has 0 saturated carbocycles. The highest BCUT2D eigenvalue weighted by Gasteiger charge is 2.25. The fourth-order valence-electron chi connectivity index (χ4n) is 1.52. The van der Waals surface area contributed by atoms with Gasteiger partial charge < -0.3 is 4.90 Å². The van der Waals surface area contributed by atoms with Crippen LogP contribution in [0.5, 0.6) is 0 Å². The van der Waals surface area contributed by atoms with Gasteiger partial charge >= 0.3 is 0 Å². The lowest BCUT2D eigenvalue weighted by Crippen LogP contribution is -2.47. The van der Waals surface area contributed by atoms with E-state index in [1.165, 1.54) is 12.8 Å². The van der Waals surface area contributed by atoms with Crippen molar-refractivity contribution in [3.05, 3.63) is 0 Å². The number of rotatable bonds is 0. The molecule has 1 fully saturated rings. The number of hydrogen-bond acceptors (Lipinski definition) is 1. The molecule has 1 rings (SSSR count). The van der Waals surface area contributed by atoms with Gasteiger partial charge in [0, 0.05) is 12.1 Å². The molecule has 0 aliphatic carbocycles. The number of hydrogen-bond donors (Lipinski definition) is 0. The molecule has 64 valence electrons. The van der Waals surface area contributed by atoms with Crippen LogP contribution in [0.2, 0.25) is 0 Å². The molecule has 0 atom stereocenters. The third-order valence-corrected chi connectivity index (χ3v) is 2.56. The molecule has 0 N–H and O–H groups in total. The third kappa shape index (κ3) is 2.16. The van der Waals surface area contributed by atoms with Gasteiger partial charge in [-0.3, -0.25) is 0 Å². The summed E-state index contributed by atoms with van der Waals surface area (Å²) in [6, 6.07) is 0. The van der Waals surface area contributed by atoms with Crippen LogP contribution in [0.4, 0.5) is 0 Å². The summed E-state index contributed by atoms with van der Waals surface area (Å²) in [4.78, 5) is 3.51. The fraction of sp³-hybridized carbons (Fsp3) is 0.889. The summed E-state index contributed by atoms with van der Waals surface area (Å²) in [5.74, 6) is 0. The third-order valence-electron chi connectivity index (χ3n) is 2.13. The van der Waals surface area contributed by atoms with Crippen molar-refractivity contribution < 1.29 is 0 Å². The van der Waals surface area contributed by atoms with Crippen LogP contribution in [0.3, 0.4) is 0 Å². The van der Waals surface area contributed by atoms with E-state index in [9.17, 15) is 0 Å². The standard InChI is InChI=1S/C9H17NS/c1-9(2,3)10-7-5-4-6-8(10)11/h4-7H2,1-3H3. The Morgan fingerprint density at radius 1 is 1.27 bits per heavy atom. The second kappa shape index (κ2) is 3.10. The zero-order valence-corrected chi connectivity index (χ0v) is 8.50. The van der Waals surface area contributed by atoms with E-state index in [2.05, 4.69) is 25.7 Å². The van der Waals surface area contributed by atoms with Crippen LogP contribution in [0.25, 0.3) is 0 Å². The number of nitrogens with zero attached hydrogens (tertiary/aromatic N) is 1. The molecular formula is C9H17NS. The van der Waals surface area contributed by atoms with Gasteiger partial charge in [0.15, 0.2) is 0 Å². The van der Waals surface area contributed by atoms with Gasteiger partial charge in [0.05, 0.1) is 4.99 Å². The molecule has 1 aliphatic rings. The van der Waals surface area contributed by atoms with E-state index in [4.69, 9.17) is 12.2 Å². The number of piperidine rings is 1. The lowest BCUT2D eigenvalue weighted by molar-refractivity contribution is 0.220. The number of likely N-dealkylation sites (tertiary alicyclic amines) is 1. The average molecular weight is 171 g/mol. The van der Waals surface area contributed by atoms with Crippen molar-refractivity contribution in [2.24, 2.45) is 0 Å². The molecule has 0 amide bonds. The van der Waals surface area contributed by atoms with Crippen LogP contribution in [-0.4, -0.2) is 22.0 Å². The molecule has 1 saturated heterocycles. The van der Waals surface area contributed by atoms with Gasteiger partial charge in [0.1, 0.15) is 0 Å². The summed E-state index contributed by atoms with van der Waals surface area (Å²) < 4.78 is 0. The first-order valence-electron chi connectivity index (χ1n) is 4.32. The largest absolute Gasteiger partial charge is 0.361 e. The van der Waals surface area contributed by atoms with E-state index >= 15 is 0 Å². The zero-order chi connectivity index (χ0) is 8.48. The van der Waals surface area contributed by atoms with Crippen molar-refractivity contribution in [3.63, 3.8) is 0 Å². The molecule has 0 unspecified atom stereocenters. The maximum Gasteiger partial charge on any atom is 0.0783 e. The molecule has 0 aromatic rings. The van der Waals surface area contributed by atoms with E-state index in [-0.39, 0.29) is 5.54 Å². The van der Waals surface area contributed by atoms with Crippen molar-refractivity contribution in [3.8, 4) is 0 Å². The van der Waals surface area contributed by atoms with Gasteiger partial charge in [0.25, 0.3) is 0 Å². The Bertz CT molecular complexity index is 157. The summed E-state index contributed by atoms with van der Waals surface area (Å²) in [5, 5.41) is 0. The Morgan fingerprint density at radius 2 is 1.91 bits per heavy atom. The van der Waals surface area contributed by atoms with Crippen LogP contribution in [0.15, 0.2) is 0 Å². The van der Waals surface area contributed by atoms with Crippen molar-refractivity contribution in [1.82, 2.24) is 4.90 Å². The van der Waals surface area contributed by atoms with Gasteiger partial charge in [-0.1, -0.05) is 12.2 Å². The molecule has 0 bridgehead atoms. The fourth-order valence-corrected chi connectivity index (χ4v) is 2.02. The van der Waals surface area contributed by atoms with Crippen LogP contribution < -0.4 is 0 Å². The van der Waals surface area contributed by atoms with Crippen molar-refractivity contribution >= 4 is 17.2 Å². The lowest BCUT2D eigenvalue weighted by Gasteiger charge is -2.40. The van der Waals surface area contributed by atoms with Crippen LogP contribution >= 0.6 is 12.2 Å². The predicted octanol–water partition coefficient (Wildman–Crippen LogP) is 2.60. The SMILES string of the molecule is CC(C)(C)N1CCCCC1=S. The molecule has 1 heterocycles. The summed E-state index contributed by atoms with van der Waals surface area (Å²) >= 11 is 5.30. The van der Waals surface area contributed by atoms with Gasteiger partial charge in [-0.25, -0.2) is 0 Å². The summed E-state index contributed by atoms with van der Waals surface area (Å²) in [5.41, 5.74) is 0.234. The highest BCUT2D eigenvalue weighted by molar-refractivity contribution is 7.80. The monoisotopic (exact) mass is 171 g/mol. The molecule has 0 aromatic carbocycles. The van der Waals surface area contributed by atoms with Crippen molar-refractivity contribution in [1.29, 1.82) is 0 Å². The summed E-state index contributed by atoms with van der Waals surface area (Å²) in [6.45, 7) is 7.84. The average Bonchev–Trinajstić information content (AvgIpc) is 1.86. The Balaban J connectivity index is 2.62. The molecule has 1 nitrogen and oxygen atoms in total. The zero-order valence-electron chi connectivity index (χ0n) is 7.68. The molecule has 0 radical (unpaired) electrons. The molecule has 11 heavy (non-hydrogen) atoms. The molecule has 0 spiro atoms. The second-order valence-corrected chi connectivity index (χ2v) is 4.64. The number of thiocarbonyl (C=S) groups is 1. The first-order valence-corrected chi connectivity index (χ1v) is 4.73. The molecular weight excluding hydrogens is 154 g/mol. The van der Waals surface area contributed by atoms with E-state index in [1.807, 2.05) is 0 Å². The van der Waals surface area contributed by atoms with E-state index in [0.29, 0.717) is 0 Å². The van der Waals surface area contributed by atoms with Crippen molar-refractivity contribution in [2.45, 2.75) is 45.6 Å². The van der Waals surface area contributed by atoms with E-state index in [1.54, 1.807) is 0 Å². The van der Waals surface area contributed by atoms with Crippen molar-refractivity contribution in [2.75, 3.05) is 6.54 Å². The van der Waals surface area contributed by atoms with Crippen LogP contribution in [0, 0.1) is 0 Å². The van der Waals surface area contributed by atoms with Gasteiger partial charge in [-0.05, 0) is 40.0 Å². The highest BCUT2D eigenvalue weighted by Crippen LogP contribution is 2.21. The first kappa shape index (κ1) is 8.98. The lowest BCUT2D eigenvalue weighted by atomic mass is 10.0. The highest BCUT2D eigenvalue weighted by atomic mass is 32.1. The van der Waals surface area contributed by atoms with Gasteiger partial charge in [-0.15, -0.1) is 0 Å². The Hall–Kier alpha value is -0.110. The normalized spacial score (nSPS) is 20.6. The minimum absolute atomic E-state index is 0.234. The maximum absolute atomic E-state index is 5.30. The smallest absolute Gasteiger partial charge is 0.0783 e. The van der Waals surface area contributed by atoms with E-state index in [0.717, 1.165) is 18.0 Å². The van der Waals surface area contributed by atoms with Gasteiger partial charge in [-0.2, -0.15) is 0 Å². The maximum atomic E-state index is 5.30.